The minimum absolute atomic E-state index is 0.0874. The number of hydrogen-bond donors (Lipinski definition) is 3. The van der Waals surface area contributed by atoms with Crippen LogP contribution in [0, 0.1) is 46.3 Å². The number of aliphatic hydroxyl groups is 3. The molecule has 2 aliphatic heterocycles. The van der Waals surface area contributed by atoms with Crippen LogP contribution in [0.1, 0.15) is 93.9 Å². The predicted octanol–water partition coefficient (Wildman–Crippen LogP) is 4.46. The molecular formula is C37H57BrO11. The number of unbranched alkanes of at least 4 members (excludes halogenated alkanes) is 3. The number of aliphatic hydroxyl groups excluding tert-OH is 1. The second-order valence-electron chi connectivity index (χ2n) is 16.2. The number of carbonyl (C=O) groups excluding carboxylic acids is 3. The summed E-state index contributed by atoms with van der Waals surface area (Å²) in [5.74, 6) is -7.34. The van der Waals surface area contributed by atoms with Gasteiger partial charge in [0.05, 0.1) is 24.0 Å². The van der Waals surface area contributed by atoms with Gasteiger partial charge < -0.3 is 39.0 Å². The lowest BCUT2D eigenvalue weighted by atomic mass is 9.38. The van der Waals surface area contributed by atoms with Crippen molar-refractivity contribution in [1.29, 1.82) is 0 Å². The fourth-order valence-electron chi connectivity index (χ4n) is 10.4. The third-order valence-electron chi connectivity index (χ3n) is 13.0. The summed E-state index contributed by atoms with van der Waals surface area (Å²) in [6.07, 6.45) is 0.0862. The van der Waals surface area contributed by atoms with Crippen molar-refractivity contribution in [1.82, 2.24) is 0 Å². The van der Waals surface area contributed by atoms with Gasteiger partial charge in [-0.1, -0.05) is 89.2 Å². The number of carbonyl (C=O) groups is 3. The van der Waals surface area contributed by atoms with E-state index >= 15 is 0 Å². The van der Waals surface area contributed by atoms with Crippen LogP contribution in [-0.4, -0.2) is 93.7 Å². The van der Waals surface area contributed by atoms with E-state index in [0.29, 0.717) is 18.4 Å². The summed E-state index contributed by atoms with van der Waals surface area (Å²) < 4.78 is 31.0. The average molecular weight is 758 g/mol. The Bertz CT molecular complexity index is 1290. The lowest BCUT2D eigenvalue weighted by Gasteiger charge is -2.68. The van der Waals surface area contributed by atoms with E-state index in [1.807, 2.05) is 41.5 Å². The number of allylic oxidation sites excluding steroid dienone is 1. The van der Waals surface area contributed by atoms with Crippen molar-refractivity contribution in [3.05, 3.63) is 11.6 Å². The molecule has 12 atom stereocenters. The molecule has 5 rings (SSSR count). The van der Waals surface area contributed by atoms with E-state index in [4.69, 9.17) is 23.7 Å². The Morgan fingerprint density at radius 2 is 1.84 bits per heavy atom. The topological polar surface area (TPSA) is 158 Å². The van der Waals surface area contributed by atoms with E-state index in [1.165, 1.54) is 0 Å². The highest BCUT2D eigenvalue weighted by Gasteiger charge is 2.83. The van der Waals surface area contributed by atoms with Crippen LogP contribution < -0.4 is 0 Å². The Balaban J connectivity index is 1.54. The van der Waals surface area contributed by atoms with Gasteiger partial charge in [-0.15, -0.1) is 0 Å². The third-order valence-corrected chi connectivity index (χ3v) is 13.5. The normalized spacial score (nSPS) is 40.5. The summed E-state index contributed by atoms with van der Waals surface area (Å²) in [7, 11) is 0. The van der Waals surface area contributed by atoms with Crippen molar-refractivity contribution in [3.8, 4) is 0 Å². The Hall–Kier alpha value is -1.41. The average Bonchev–Trinajstić information content (AvgIpc) is 3.32. The maximum atomic E-state index is 14.0. The summed E-state index contributed by atoms with van der Waals surface area (Å²) in [4.78, 5) is 41.4. The number of rotatable bonds is 14. The molecule has 0 amide bonds. The number of esters is 2. The fourth-order valence-corrected chi connectivity index (χ4v) is 10.8. The molecule has 278 valence electrons. The van der Waals surface area contributed by atoms with Crippen LogP contribution in [0.4, 0.5) is 0 Å². The summed E-state index contributed by atoms with van der Waals surface area (Å²) in [6, 6.07) is 0. The van der Waals surface area contributed by atoms with Crippen molar-refractivity contribution in [2.24, 2.45) is 46.3 Å². The van der Waals surface area contributed by atoms with Gasteiger partial charge in [-0.05, 0) is 49.5 Å². The van der Waals surface area contributed by atoms with Gasteiger partial charge in [0, 0.05) is 29.3 Å². The number of ketones is 1. The van der Waals surface area contributed by atoms with E-state index in [0.717, 1.165) is 31.3 Å². The van der Waals surface area contributed by atoms with E-state index < -0.39 is 82.6 Å². The van der Waals surface area contributed by atoms with Crippen molar-refractivity contribution >= 4 is 33.7 Å². The molecule has 0 aromatic rings. The molecular weight excluding hydrogens is 700 g/mol. The number of halogens is 1. The molecule has 3 aliphatic carbocycles. The summed E-state index contributed by atoms with van der Waals surface area (Å²) in [6.45, 7) is 15.3. The van der Waals surface area contributed by atoms with Crippen LogP contribution in [0.15, 0.2) is 11.6 Å². The van der Waals surface area contributed by atoms with Gasteiger partial charge in [-0.25, -0.2) is 4.79 Å². The van der Waals surface area contributed by atoms with Crippen LogP contribution in [-0.2, 0) is 38.1 Å². The lowest BCUT2D eigenvalue weighted by Crippen LogP contribution is -2.78. The van der Waals surface area contributed by atoms with Gasteiger partial charge >= 0.3 is 11.9 Å². The summed E-state index contributed by atoms with van der Waals surface area (Å²) >= 11 is 3.50. The molecule has 2 saturated heterocycles. The highest BCUT2D eigenvalue weighted by atomic mass is 79.9. The van der Waals surface area contributed by atoms with Gasteiger partial charge in [0.15, 0.2) is 17.9 Å². The molecule has 4 unspecified atom stereocenters. The first kappa shape index (κ1) is 38.8. The summed E-state index contributed by atoms with van der Waals surface area (Å²) in [5.41, 5.74) is -2.89. The van der Waals surface area contributed by atoms with Gasteiger partial charge in [-0.3, -0.25) is 9.59 Å². The molecule has 1 spiro atoms. The van der Waals surface area contributed by atoms with Crippen LogP contribution in [0.25, 0.3) is 0 Å². The first-order valence-corrected chi connectivity index (χ1v) is 19.3. The molecule has 2 heterocycles. The third kappa shape index (κ3) is 6.06. The highest BCUT2D eigenvalue weighted by molar-refractivity contribution is 9.09. The molecule has 0 aromatic carbocycles. The first-order chi connectivity index (χ1) is 22.9. The molecule has 2 saturated carbocycles. The van der Waals surface area contributed by atoms with Crippen molar-refractivity contribution in [2.45, 2.75) is 136 Å². The maximum Gasteiger partial charge on any atom is 0.348 e. The van der Waals surface area contributed by atoms with Crippen molar-refractivity contribution < 1.29 is 53.4 Å². The zero-order valence-electron chi connectivity index (χ0n) is 30.3. The highest BCUT2D eigenvalue weighted by Crippen LogP contribution is 2.74. The van der Waals surface area contributed by atoms with Crippen molar-refractivity contribution in [3.63, 3.8) is 0 Å². The van der Waals surface area contributed by atoms with E-state index in [-0.39, 0.29) is 36.6 Å². The Morgan fingerprint density at radius 3 is 2.45 bits per heavy atom. The minimum atomic E-state index is -2.11. The van der Waals surface area contributed by atoms with Gasteiger partial charge in [0.1, 0.15) is 18.3 Å². The molecule has 0 radical (unpaired) electrons. The standard InChI is InChI=1S/C37H57BrO11/c1-9-10-11-12-13-45-27(17-38)49-31-24(39)14-21(6)23-15-25-35-18-46-37(44,33(35)34(23,31)8)30(41)22(7)28(35)29(32(42)47-25)48-26(40)16-36(43,19(2)3)20(4)5/h14,19-20,22-23,25,27-31,33,41,43-44H,9-13,15-18H2,1-8H3/t22-,23+,25-,27?,28?,29?,30-,31-,33?,34-,35+,37-/m1/s1. The smallest absolute Gasteiger partial charge is 0.348 e. The zero-order valence-corrected chi connectivity index (χ0v) is 31.9. The van der Waals surface area contributed by atoms with Crippen LogP contribution in [0.3, 0.4) is 0 Å². The Labute approximate surface area is 298 Å². The van der Waals surface area contributed by atoms with Crippen LogP contribution in [0.2, 0.25) is 0 Å². The van der Waals surface area contributed by atoms with Crippen LogP contribution >= 0.6 is 15.9 Å². The van der Waals surface area contributed by atoms with Gasteiger partial charge in [0.2, 0.25) is 6.10 Å². The number of hydrogen-bond acceptors (Lipinski definition) is 11. The van der Waals surface area contributed by atoms with Gasteiger partial charge in [0.25, 0.3) is 0 Å². The molecule has 3 N–H and O–H groups in total. The Kier molecular flexibility index (Phi) is 11.2. The molecule has 49 heavy (non-hydrogen) atoms. The second kappa shape index (κ2) is 14.2. The Morgan fingerprint density at radius 1 is 1.16 bits per heavy atom. The number of alkyl halides is 1. The summed E-state index contributed by atoms with van der Waals surface area (Å²) in [5, 5.41) is 36.0. The zero-order chi connectivity index (χ0) is 36.3. The van der Waals surface area contributed by atoms with Gasteiger partial charge in [-0.2, -0.15) is 0 Å². The largest absolute Gasteiger partial charge is 0.459 e. The number of fused-ring (bicyclic) bond motifs is 1. The monoisotopic (exact) mass is 756 g/mol. The molecule has 5 aliphatic rings. The molecule has 12 heteroatoms. The SMILES string of the molecule is CCCCCCOC(CBr)O[C@@H]1C(=O)C=C(C)[C@@H]2C[C@H]3OC(=O)C(OC(=O)CC(O)(C(C)C)C(C)C)C4[C@@H](C)[C@@H](O)[C@@]5(O)OC[C@@]43C5[C@@]12C. The second-order valence-corrected chi connectivity index (χ2v) is 16.9. The first-order valence-electron chi connectivity index (χ1n) is 18.2. The van der Waals surface area contributed by atoms with E-state index in [2.05, 4.69) is 22.9 Å². The minimum Gasteiger partial charge on any atom is -0.459 e. The maximum absolute atomic E-state index is 14.0. The lowest BCUT2D eigenvalue weighted by molar-refractivity contribution is -0.345. The predicted molar refractivity (Wildman–Crippen MR) is 182 cm³/mol. The molecule has 0 aromatic heterocycles. The van der Waals surface area contributed by atoms with E-state index in [9.17, 15) is 29.7 Å². The quantitative estimate of drug-likeness (QED) is 0.0995. The van der Waals surface area contributed by atoms with Crippen LogP contribution in [0.5, 0.6) is 0 Å². The fraction of sp³-hybridized carbons (Fsp3) is 0.865. The number of ether oxygens (including phenoxy) is 5. The molecule has 11 nitrogen and oxygen atoms in total. The molecule has 4 fully saturated rings. The molecule has 2 bridgehead atoms. The van der Waals surface area contributed by atoms with E-state index in [1.54, 1.807) is 13.0 Å². The van der Waals surface area contributed by atoms with Crippen molar-refractivity contribution in [2.75, 3.05) is 18.5 Å².